The molecule has 0 atom stereocenters. The second-order valence-corrected chi connectivity index (χ2v) is 9.11. The van der Waals surface area contributed by atoms with E-state index in [4.69, 9.17) is 10.2 Å². The summed E-state index contributed by atoms with van der Waals surface area (Å²) >= 11 is 0. The number of para-hydroxylation sites is 1. The number of amides is 2. The molecule has 4 aromatic carbocycles. The second kappa shape index (κ2) is 9.69. The molecule has 5 aromatic rings. The highest BCUT2D eigenvalue weighted by molar-refractivity contribution is 6.21. The number of carbonyl (C=O) groups excluding carboxylic acids is 2. The Balaban J connectivity index is 1.41. The molecule has 0 radical (unpaired) electrons. The van der Waals surface area contributed by atoms with Crippen molar-refractivity contribution < 1.29 is 9.59 Å². The normalized spacial score (nSPS) is 12.7. The molecule has 0 aliphatic carbocycles. The third kappa shape index (κ3) is 4.30. The van der Waals surface area contributed by atoms with Crippen molar-refractivity contribution in [3.8, 4) is 11.8 Å². The van der Waals surface area contributed by atoms with Crippen LogP contribution in [0, 0.1) is 11.3 Å². The van der Waals surface area contributed by atoms with Crippen molar-refractivity contribution in [2.24, 2.45) is 0 Å². The zero-order valence-electron chi connectivity index (χ0n) is 20.6. The Hall–Kier alpha value is -5.61. The number of rotatable bonds is 5. The highest BCUT2D eigenvalue weighted by Gasteiger charge is 2.35. The molecule has 6 rings (SSSR count). The first kappa shape index (κ1) is 23.8. The lowest BCUT2D eigenvalue weighted by molar-refractivity contribution is 0.0642. The second-order valence-electron chi connectivity index (χ2n) is 9.11. The number of nitrogens with zero attached hydrogens (tertiary/aromatic N) is 4. The predicted molar refractivity (Wildman–Crippen MR) is 148 cm³/mol. The van der Waals surface area contributed by atoms with Gasteiger partial charge in [-0.3, -0.25) is 23.9 Å². The smallest absolute Gasteiger partial charge is 0.266 e. The third-order valence-corrected chi connectivity index (χ3v) is 6.65. The first-order valence-electron chi connectivity index (χ1n) is 12.3. The molecule has 0 N–H and O–H groups in total. The highest BCUT2D eigenvalue weighted by Crippen LogP contribution is 2.25. The molecule has 7 heteroatoms. The van der Waals surface area contributed by atoms with E-state index in [0.717, 1.165) is 5.56 Å². The Morgan fingerprint density at radius 1 is 0.769 bits per heavy atom. The van der Waals surface area contributed by atoms with E-state index in [2.05, 4.69) is 6.07 Å². The maximum absolute atomic E-state index is 13.7. The van der Waals surface area contributed by atoms with Crippen molar-refractivity contribution in [2.45, 2.75) is 6.54 Å². The highest BCUT2D eigenvalue weighted by atomic mass is 16.2. The number of benzene rings is 4. The van der Waals surface area contributed by atoms with Gasteiger partial charge in [0.05, 0.1) is 45.9 Å². The lowest BCUT2D eigenvalue weighted by Gasteiger charge is -2.16. The summed E-state index contributed by atoms with van der Waals surface area (Å²) in [5.41, 5.74) is 3.78. The maximum Gasteiger partial charge on any atom is 0.266 e. The summed E-state index contributed by atoms with van der Waals surface area (Å²) in [6.07, 6.45) is 3.59. The standard InChI is InChI=1S/C32H20N4O3/c33-19-22-14-12-21(13-15-22)16-17-29-34-28-11-4-3-10-27(28)32(39)36(29)24-7-5-6-23(18-24)20-35-30(37)25-8-1-2-9-26(25)31(35)38/h1-18H,20H2/b17-16+. The van der Waals surface area contributed by atoms with Gasteiger partial charge in [-0.05, 0) is 65.7 Å². The minimum Gasteiger partial charge on any atom is -0.270 e. The SMILES string of the molecule is N#Cc1ccc(/C=C/c2nc3ccccc3c(=O)n2-c2cccc(CN3C(=O)c4ccccc4C3=O)c2)cc1. The average molecular weight is 509 g/mol. The van der Waals surface area contributed by atoms with Gasteiger partial charge in [0.1, 0.15) is 5.82 Å². The van der Waals surface area contributed by atoms with Crippen LogP contribution >= 0.6 is 0 Å². The van der Waals surface area contributed by atoms with E-state index in [9.17, 15) is 14.4 Å². The number of imide groups is 1. The fraction of sp³-hybridized carbons (Fsp3) is 0.0312. The van der Waals surface area contributed by atoms with Crippen LogP contribution in [0.3, 0.4) is 0 Å². The van der Waals surface area contributed by atoms with Gasteiger partial charge in [0.15, 0.2) is 0 Å². The quantitative estimate of drug-likeness (QED) is 0.303. The van der Waals surface area contributed by atoms with Gasteiger partial charge in [-0.25, -0.2) is 4.98 Å². The van der Waals surface area contributed by atoms with E-state index >= 15 is 0 Å². The summed E-state index contributed by atoms with van der Waals surface area (Å²) in [5, 5.41) is 9.53. The molecule has 0 fully saturated rings. The Morgan fingerprint density at radius 3 is 2.18 bits per heavy atom. The third-order valence-electron chi connectivity index (χ3n) is 6.65. The monoisotopic (exact) mass is 508 g/mol. The molecule has 0 saturated carbocycles. The molecule has 1 aromatic heterocycles. The average Bonchev–Trinajstić information content (AvgIpc) is 3.21. The predicted octanol–water partition coefficient (Wildman–Crippen LogP) is 5.22. The van der Waals surface area contributed by atoms with Gasteiger partial charge in [0.25, 0.3) is 17.4 Å². The summed E-state index contributed by atoms with van der Waals surface area (Å²) in [6, 6.07) is 30.3. The summed E-state index contributed by atoms with van der Waals surface area (Å²) in [6.45, 7) is 0.0758. The van der Waals surface area contributed by atoms with E-state index in [1.807, 2.05) is 30.3 Å². The van der Waals surface area contributed by atoms with Gasteiger partial charge in [0.2, 0.25) is 0 Å². The van der Waals surface area contributed by atoms with Gasteiger partial charge in [-0.2, -0.15) is 5.26 Å². The van der Waals surface area contributed by atoms with E-state index in [-0.39, 0.29) is 23.9 Å². The van der Waals surface area contributed by atoms with Crippen LogP contribution in [0.4, 0.5) is 0 Å². The zero-order valence-corrected chi connectivity index (χ0v) is 20.6. The molecule has 2 heterocycles. The molecule has 1 aliphatic rings. The Bertz CT molecular complexity index is 1880. The fourth-order valence-corrected chi connectivity index (χ4v) is 4.71. The van der Waals surface area contributed by atoms with Gasteiger partial charge in [0, 0.05) is 0 Å². The molecule has 7 nitrogen and oxygen atoms in total. The van der Waals surface area contributed by atoms with Crippen LogP contribution in [0.2, 0.25) is 0 Å². The summed E-state index contributed by atoms with van der Waals surface area (Å²) in [4.78, 5) is 45.4. The number of aromatic nitrogens is 2. The molecular formula is C32H20N4O3. The van der Waals surface area contributed by atoms with Gasteiger partial charge >= 0.3 is 0 Å². The topological polar surface area (TPSA) is 96.1 Å². The summed E-state index contributed by atoms with van der Waals surface area (Å²) in [5.74, 6) is -0.255. The van der Waals surface area contributed by atoms with E-state index in [0.29, 0.717) is 44.7 Å². The number of fused-ring (bicyclic) bond motifs is 2. The van der Waals surface area contributed by atoms with Crippen molar-refractivity contribution in [2.75, 3.05) is 0 Å². The number of carbonyl (C=O) groups is 2. The van der Waals surface area contributed by atoms with E-state index < -0.39 is 0 Å². The number of hydrogen-bond acceptors (Lipinski definition) is 5. The van der Waals surface area contributed by atoms with Crippen LogP contribution in [0.5, 0.6) is 0 Å². The van der Waals surface area contributed by atoms with Gasteiger partial charge in [-0.15, -0.1) is 0 Å². The Labute approximate surface area is 223 Å². The van der Waals surface area contributed by atoms with Gasteiger partial charge < -0.3 is 0 Å². The molecule has 0 spiro atoms. The maximum atomic E-state index is 13.7. The molecule has 186 valence electrons. The zero-order chi connectivity index (χ0) is 26.9. The molecule has 0 unspecified atom stereocenters. The molecule has 0 saturated heterocycles. The van der Waals surface area contributed by atoms with E-state index in [1.54, 1.807) is 78.9 Å². The van der Waals surface area contributed by atoms with Crippen LogP contribution in [0.15, 0.2) is 102 Å². The number of nitriles is 1. The lowest BCUT2D eigenvalue weighted by atomic mass is 10.1. The van der Waals surface area contributed by atoms with Crippen LogP contribution in [0.1, 0.15) is 43.2 Å². The molecule has 1 aliphatic heterocycles. The minimum absolute atomic E-state index is 0.0758. The Morgan fingerprint density at radius 2 is 1.46 bits per heavy atom. The fourth-order valence-electron chi connectivity index (χ4n) is 4.71. The van der Waals surface area contributed by atoms with Gasteiger partial charge in [-0.1, -0.05) is 54.6 Å². The lowest BCUT2D eigenvalue weighted by Crippen LogP contribution is -2.29. The van der Waals surface area contributed by atoms with Crippen LogP contribution < -0.4 is 5.56 Å². The summed E-state index contributed by atoms with van der Waals surface area (Å²) in [7, 11) is 0. The van der Waals surface area contributed by atoms with Crippen molar-refractivity contribution in [1.29, 1.82) is 5.26 Å². The van der Waals surface area contributed by atoms with Crippen molar-refractivity contribution in [3.05, 3.63) is 141 Å². The van der Waals surface area contributed by atoms with E-state index in [1.165, 1.54) is 9.47 Å². The molecule has 0 bridgehead atoms. The first-order chi connectivity index (χ1) is 19.0. The van der Waals surface area contributed by atoms with Crippen molar-refractivity contribution in [3.63, 3.8) is 0 Å². The first-order valence-corrected chi connectivity index (χ1v) is 12.3. The van der Waals surface area contributed by atoms with Crippen molar-refractivity contribution in [1.82, 2.24) is 14.5 Å². The van der Waals surface area contributed by atoms with Crippen molar-refractivity contribution >= 4 is 34.9 Å². The molecule has 2 amide bonds. The minimum atomic E-state index is -0.336. The van der Waals surface area contributed by atoms with Crippen LogP contribution in [-0.2, 0) is 6.54 Å². The largest absolute Gasteiger partial charge is 0.270 e. The molecule has 39 heavy (non-hydrogen) atoms. The summed E-state index contributed by atoms with van der Waals surface area (Å²) < 4.78 is 1.52. The number of hydrogen-bond donors (Lipinski definition) is 0. The Kier molecular flexibility index (Phi) is 5.91. The molecular weight excluding hydrogens is 488 g/mol. The van der Waals surface area contributed by atoms with Crippen LogP contribution in [0.25, 0.3) is 28.7 Å². The van der Waals surface area contributed by atoms with Crippen LogP contribution in [-0.4, -0.2) is 26.3 Å².